The van der Waals surface area contributed by atoms with Gasteiger partial charge in [-0.2, -0.15) is 0 Å². The Kier molecular flexibility index (Phi) is 3.50. The van der Waals surface area contributed by atoms with Crippen LogP contribution in [0.3, 0.4) is 0 Å². The van der Waals surface area contributed by atoms with Crippen LogP contribution < -0.4 is 0 Å². The van der Waals surface area contributed by atoms with Gasteiger partial charge in [-0.1, -0.05) is 6.92 Å². The van der Waals surface area contributed by atoms with Crippen molar-refractivity contribution in [1.82, 2.24) is 14.5 Å². The van der Waals surface area contributed by atoms with Crippen molar-refractivity contribution in [2.45, 2.75) is 38.6 Å². The van der Waals surface area contributed by atoms with E-state index >= 15 is 0 Å². The second-order valence-corrected chi connectivity index (χ2v) is 7.70. The lowest BCUT2D eigenvalue weighted by Crippen LogP contribution is -2.24. The molecule has 2 aromatic rings. The Bertz CT molecular complexity index is 707. The molecule has 0 saturated carbocycles. The van der Waals surface area contributed by atoms with Gasteiger partial charge in [0.15, 0.2) is 5.65 Å². The maximum absolute atomic E-state index is 11.6. The fourth-order valence-electron chi connectivity index (χ4n) is 2.88. The van der Waals surface area contributed by atoms with Crippen molar-refractivity contribution in [3.63, 3.8) is 0 Å². The zero-order valence-electron chi connectivity index (χ0n) is 11.6. The number of rotatable bonds is 3. The van der Waals surface area contributed by atoms with Crippen molar-refractivity contribution >= 4 is 21.0 Å². The summed E-state index contributed by atoms with van der Waals surface area (Å²) in [5.74, 6) is 1.80. The van der Waals surface area contributed by atoms with Crippen LogP contribution in [0.15, 0.2) is 18.3 Å². The van der Waals surface area contributed by atoms with E-state index in [1.54, 1.807) is 6.20 Å². The predicted octanol–water partition coefficient (Wildman–Crippen LogP) is 2.13. The molecule has 3 rings (SSSR count). The molecular formula is C14H19N3O2S. The lowest BCUT2D eigenvalue weighted by atomic mass is 10.0. The summed E-state index contributed by atoms with van der Waals surface area (Å²) >= 11 is 0. The number of hydrogen-bond donors (Lipinski definition) is 0. The zero-order valence-corrected chi connectivity index (χ0v) is 12.4. The Morgan fingerprint density at radius 1 is 1.35 bits per heavy atom. The van der Waals surface area contributed by atoms with Crippen LogP contribution in [0.1, 0.15) is 37.9 Å². The molecule has 1 fully saturated rings. The minimum absolute atomic E-state index is 0.235. The molecule has 0 bridgehead atoms. The molecule has 0 unspecified atom stereocenters. The van der Waals surface area contributed by atoms with Gasteiger partial charge in [-0.05, 0) is 31.4 Å². The largest absolute Gasteiger partial charge is 0.312 e. The molecule has 0 aromatic carbocycles. The molecule has 1 saturated heterocycles. The van der Waals surface area contributed by atoms with E-state index in [0.717, 1.165) is 30.0 Å². The predicted molar refractivity (Wildman–Crippen MR) is 78.4 cm³/mol. The molecule has 0 amide bonds. The van der Waals surface area contributed by atoms with Crippen molar-refractivity contribution in [2.75, 3.05) is 11.5 Å². The lowest BCUT2D eigenvalue weighted by molar-refractivity contribution is 0.514. The molecule has 1 aliphatic rings. The lowest BCUT2D eigenvalue weighted by Gasteiger charge is -2.22. The van der Waals surface area contributed by atoms with Crippen LogP contribution in [-0.4, -0.2) is 34.5 Å². The summed E-state index contributed by atoms with van der Waals surface area (Å²) in [6.07, 6.45) is 4.15. The maximum Gasteiger partial charge on any atom is 0.159 e. The minimum Gasteiger partial charge on any atom is -0.312 e. The average Bonchev–Trinajstić information content (AvgIpc) is 2.78. The quantitative estimate of drug-likeness (QED) is 0.869. The molecular weight excluding hydrogens is 274 g/mol. The Morgan fingerprint density at radius 2 is 2.10 bits per heavy atom. The average molecular weight is 293 g/mol. The summed E-state index contributed by atoms with van der Waals surface area (Å²) in [5, 5.41) is 0. The summed E-state index contributed by atoms with van der Waals surface area (Å²) < 4.78 is 25.3. The van der Waals surface area contributed by atoms with Gasteiger partial charge in [0.1, 0.15) is 21.2 Å². The third-order valence-corrected chi connectivity index (χ3v) is 5.62. The Labute approximate surface area is 119 Å². The van der Waals surface area contributed by atoms with Gasteiger partial charge in [-0.3, -0.25) is 0 Å². The van der Waals surface area contributed by atoms with Gasteiger partial charge in [0, 0.05) is 18.7 Å². The van der Waals surface area contributed by atoms with Gasteiger partial charge in [0.25, 0.3) is 0 Å². The van der Waals surface area contributed by atoms with Crippen LogP contribution in [0.5, 0.6) is 0 Å². The van der Waals surface area contributed by atoms with E-state index in [4.69, 9.17) is 4.98 Å². The normalized spacial score (nSPS) is 19.4. The molecule has 0 atom stereocenters. The number of nitrogens with zero attached hydrogens (tertiary/aromatic N) is 3. The highest BCUT2D eigenvalue weighted by Gasteiger charge is 2.28. The molecule has 0 N–H and O–H groups in total. The summed E-state index contributed by atoms with van der Waals surface area (Å²) in [6, 6.07) is 3.86. The first-order valence-corrected chi connectivity index (χ1v) is 8.94. The van der Waals surface area contributed by atoms with Gasteiger partial charge in [0.2, 0.25) is 0 Å². The molecule has 0 aliphatic carbocycles. The Hall–Kier alpha value is -1.43. The molecule has 1 aliphatic heterocycles. The van der Waals surface area contributed by atoms with E-state index in [-0.39, 0.29) is 17.4 Å². The SMILES string of the molecule is CCCn1c(C2CCS(=O)(=O)CC2)nc2cccnc21. The first-order valence-electron chi connectivity index (χ1n) is 7.12. The van der Waals surface area contributed by atoms with E-state index in [1.165, 1.54) is 0 Å². The second-order valence-electron chi connectivity index (χ2n) is 5.39. The van der Waals surface area contributed by atoms with Crippen molar-refractivity contribution in [1.29, 1.82) is 0 Å². The van der Waals surface area contributed by atoms with Crippen LogP contribution in [0.2, 0.25) is 0 Å². The minimum atomic E-state index is -2.83. The standard InChI is InChI=1S/C14H19N3O2S/c1-2-8-17-13(11-5-9-20(18,19)10-6-11)16-12-4-3-7-15-14(12)17/h3-4,7,11H,2,5-6,8-10H2,1H3. The number of sulfone groups is 1. The van der Waals surface area contributed by atoms with E-state index in [9.17, 15) is 8.42 Å². The fraction of sp³-hybridized carbons (Fsp3) is 0.571. The highest BCUT2D eigenvalue weighted by molar-refractivity contribution is 7.91. The van der Waals surface area contributed by atoms with E-state index in [2.05, 4.69) is 16.5 Å². The molecule has 0 radical (unpaired) electrons. The van der Waals surface area contributed by atoms with Crippen LogP contribution in [0, 0.1) is 0 Å². The van der Waals surface area contributed by atoms with Crippen molar-refractivity contribution < 1.29 is 8.42 Å². The van der Waals surface area contributed by atoms with Crippen LogP contribution in [0.4, 0.5) is 0 Å². The zero-order chi connectivity index (χ0) is 14.2. The van der Waals surface area contributed by atoms with Gasteiger partial charge in [-0.25, -0.2) is 18.4 Å². The molecule has 3 heterocycles. The van der Waals surface area contributed by atoms with Crippen LogP contribution in [0.25, 0.3) is 11.2 Å². The summed E-state index contributed by atoms with van der Waals surface area (Å²) in [6.45, 7) is 3.01. The van der Waals surface area contributed by atoms with Gasteiger partial charge >= 0.3 is 0 Å². The number of fused-ring (bicyclic) bond motifs is 1. The number of aromatic nitrogens is 3. The number of hydrogen-bond acceptors (Lipinski definition) is 4. The molecule has 20 heavy (non-hydrogen) atoms. The number of imidazole rings is 1. The van der Waals surface area contributed by atoms with Crippen molar-refractivity contribution in [3.05, 3.63) is 24.2 Å². The molecule has 0 spiro atoms. The topological polar surface area (TPSA) is 64.8 Å². The Morgan fingerprint density at radius 3 is 2.80 bits per heavy atom. The number of pyridine rings is 1. The first-order chi connectivity index (χ1) is 9.61. The van der Waals surface area contributed by atoms with Gasteiger partial charge in [-0.15, -0.1) is 0 Å². The van der Waals surface area contributed by atoms with Crippen LogP contribution >= 0.6 is 0 Å². The first kappa shape index (κ1) is 13.5. The van der Waals surface area contributed by atoms with E-state index in [0.29, 0.717) is 12.8 Å². The summed E-state index contributed by atoms with van der Waals surface area (Å²) in [4.78, 5) is 9.13. The fourth-order valence-corrected chi connectivity index (χ4v) is 4.37. The summed E-state index contributed by atoms with van der Waals surface area (Å²) in [5.41, 5.74) is 1.82. The molecule has 2 aromatic heterocycles. The van der Waals surface area contributed by atoms with Crippen LogP contribution in [-0.2, 0) is 16.4 Å². The van der Waals surface area contributed by atoms with Gasteiger partial charge in [0.05, 0.1) is 11.5 Å². The highest BCUT2D eigenvalue weighted by atomic mass is 32.2. The Balaban J connectivity index is 2.00. The highest BCUT2D eigenvalue weighted by Crippen LogP contribution is 2.30. The van der Waals surface area contributed by atoms with E-state index in [1.807, 2.05) is 12.1 Å². The third kappa shape index (κ3) is 2.44. The monoisotopic (exact) mass is 293 g/mol. The van der Waals surface area contributed by atoms with Gasteiger partial charge < -0.3 is 4.57 Å². The van der Waals surface area contributed by atoms with Crippen molar-refractivity contribution in [2.24, 2.45) is 0 Å². The van der Waals surface area contributed by atoms with E-state index < -0.39 is 9.84 Å². The summed E-state index contributed by atoms with van der Waals surface area (Å²) in [7, 11) is -2.83. The molecule has 5 nitrogen and oxygen atoms in total. The molecule has 6 heteroatoms. The maximum atomic E-state index is 11.6. The number of aryl methyl sites for hydroxylation is 1. The second kappa shape index (κ2) is 5.16. The third-order valence-electron chi connectivity index (χ3n) is 3.90. The smallest absolute Gasteiger partial charge is 0.159 e. The molecule has 108 valence electrons. The van der Waals surface area contributed by atoms with Crippen molar-refractivity contribution in [3.8, 4) is 0 Å².